The van der Waals surface area contributed by atoms with Crippen LogP contribution in [0.3, 0.4) is 0 Å². The van der Waals surface area contributed by atoms with Crippen LogP contribution in [-0.4, -0.2) is 96.7 Å². The number of hydrogen-bond acceptors (Lipinski definition) is 15. The largest absolute Gasteiger partial charge is 0.472 e. The van der Waals surface area contributed by atoms with Crippen LogP contribution in [0.15, 0.2) is 0 Å². The van der Waals surface area contributed by atoms with Gasteiger partial charge in [-0.05, 0) is 43.4 Å². The third-order valence-corrected chi connectivity index (χ3v) is 21.9. The van der Waals surface area contributed by atoms with E-state index in [-0.39, 0.29) is 25.7 Å². The molecule has 17 nitrogen and oxygen atoms in total. The lowest BCUT2D eigenvalue weighted by atomic mass is 9.99. The maximum atomic E-state index is 13.1. The monoisotopic (exact) mass is 1510 g/mol. The van der Waals surface area contributed by atoms with Gasteiger partial charge < -0.3 is 33.8 Å². The summed E-state index contributed by atoms with van der Waals surface area (Å²) in [7, 11) is -9.92. The highest BCUT2D eigenvalue weighted by Gasteiger charge is 2.30. The number of aliphatic hydroxyl groups is 1. The maximum absolute atomic E-state index is 13.1. The van der Waals surface area contributed by atoms with E-state index in [2.05, 4.69) is 48.5 Å². The summed E-state index contributed by atoms with van der Waals surface area (Å²) in [5, 5.41) is 10.6. The molecular weight excluding hydrogens is 1340 g/mol. The fraction of sp³-hybridized carbons (Fsp3) is 0.952. The zero-order valence-electron chi connectivity index (χ0n) is 67.8. The predicted octanol–water partition coefficient (Wildman–Crippen LogP) is 25.3. The highest BCUT2D eigenvalue weighted by atomic mass is 31.2. The average Bonchev–Trinajstić information content (AvgIpc) is 1.17. The highest BCUT2D eigenvalue weighted by molar-refractivity contribution is 7.47. The van der Waals surface area contributed by atoms with Crippen LogP contribution in [-0.2, 0) is 65.4 Å². The molecule has 19 heteroatoms. The van der Waals surface area contributed by atoms with Crippen molar-refractivity contribution < 1.29 is 80.2 Å². The quantitative estimate of drug-likeness (QED) is 0.0222. The van der Waals surface area contributed by atoms with Crippen molar-refractivity contribution in [1.82, 2.24) is 0 Å². The topological polar surface area (TPSA) is 237 Å². The molecular formula is C84H164O17P2. The van der Waals surface area contributed by atoms with Gasteiger partial charge in [-0.3, -0.25) is 37.3 Å². The van der Waals surface area contributed by atoms with Crippen molar-refractivity contribution in [3.63, 3.8) is 0 Å². The van der Waals surface area contributed by atoms with Gasteiger partial charge in [0, 0.05) is 25.7 Å². The molecule has 0 radical (unpaired) electrons. The van der Waals surface area contributed by atoms with E-state index in [4.69, 9.17) is 37.0 Å². The Morgan fingerprint density at radius 3 is 0.738 bits per heavy atom. The Hall–Kier alpha value is -1.94. The first-order valence-corrected chi connectivity index (χ1v) is 46.4. The number of aliphatic hydroxyl groups excluding tert-OH is 1. The van der Waals surface area contributed by atoms with Crippen molar-refractivity contribution in [1.29, 1.82) is 0 Å². The Labute approximate surface area is 632 Å². The Morgan fingerprint density at radius 1 is 0.282 bits per heavy atom. The van der Waals surface area contributed by atoms with E-state index in [9.17, 15) is 43.2 Å². The molecule has 0 aliphatic heterocycles. The van der Waals surface area contributed by atoms with Crippen molar-refractivity contribution in [2.45, 2.75) is 458 Å². The minimum Gasteiger partial charge on any atom is -0.462 e. The summed E-state index contributed by atoms with van der Waals surface area (Å²) in [5.41, 5.74) is 0. The second-order valence-corrected chi connectivity index (χ2v) is 34.3. The van der Waals surface area contributed by atoms with Crippen LogP contribution in [0.5, 0.6) is 0 Å². The van der Waals surface area contributed by atoms with E-state index in [0.29, 0.717) is 25.7 Å². The lowest BCUT2D eigenvalue weighted by Crippen LogP contribution is -2.30. The van der Waals surface area contributed by atoms with Crippen molar-refractivity contribution in [3.05, 3.63) is 0 Å². The normalized spacial score (nSPS) is 14.2. The number of rotatable bonds is 82. The molecule has 0 amide bonds. The summed E-state index contributed by atoms with van der Waals surface area (Å²) in [6.45, 7) is 12.0. The highest BCUT2D eigenvalue weighted by Crippen LogP contribution is 2.45. The molecule has 0 aromatic carbocycles. The van der Waals surface area contributed by atoms with E-state index in [1.165, 1.54) is 244 Å². The molecule has 0 rings (SSSR count). The van der Waals surface area contributed by atoms with Gasteiger partial charge in [0.05, 0.1) is 26.4 Å². The van der Waals surface area contributed by atoms with Gasteiger partial charge in [-0.25, -0.2) is 9.13 Å². The fourth-order valence-electron chi connectivity index (χ4n) is 13.0. The summed E-state index contributed by atoms with van der Waals surface area (Å²) in [6.07, 6.45) is 63.9. The third-order valence-electron chi connectivity index (χ3n) is 20.0. The van der Waals surface area contributed by atoms with Gasteiger partial charge in [0.15, 0.2) is 12.2 Å². The van der Waals surface area contributed by atoms with Gasteiger partial charge in [0.2, 0.25) is 0 Å². The summed E-state index contributed by atoms with van der Waals surface area (Å²) < 4.78 is 68.7. The zero-order valence-corrected chi connectivity index (χ0v) is 69.6. The van der Waals surface area contributed by atoms with Crippen molar-refractivity contribution in [2.24, 2.45) is 17.8 Å². The molecule has 0 heterocycles. The van der Waals surface area contributed by atoms with Crippen LogP contribution >= 0.6 is 15.6 Å². The van der Waals surface area contributed by atoms with E-state index < -0.39 is 97.5 Å². The van der Waals surface area contributed by atoms with Crippen LogP contribution in [0.2, 0.25) is 0 Å². The van der Waals surface area contributed by atoms with Gasteiger partial charge in [0.25, 0.3) is 0 Å². The number of hydrogen-bond donors (Lipinski definition) is 3. The number of phosphoric ester groups is 2. The minimum atomic E-state index is -4.96. The van der Waals surface area contributed by atoms with Gasteiger partial charge >= 0.3 is 39.5 Å². The molecule has 0 saturated carbocycles. The Kier molecular flexibility index (Phi) is 72.8. The zero-order chi connectivity index (χ0) is 75.8. The standard InChI is InChI=1S/C84H164O17P2/c1-8-10-11-12-13-44-51-58-65-81(86)94-71-79(100-83(88)68-61-54-47-40-34-28-22-24-30-36-42-49-56-63-76(5)6)73-98-102(90,91)96-69-78(85)70-97-103(92,93)99-74-80(72-95-82(87)66-59-52-45-38-32-26-21-20-25-31-37-43-50-57-64-77(7)9-2)101-84(89)67-60-53-46-39-33-27-19-17-15-14-16-18-23-29-35-41-48-55-62-75(3)4/h75-80,85H,8-74H2,1-7H3,(H,90,91)(H,92,93)/t77?,78-,79+,80+/m0/s1. The Morgan fingerprint density at radius 2 is 0.495 bits per heavy atom. The van der Waals surface area contributed by atoms with Crippen LogP contribution in [0.4, 0.5) is 0 Å². The molecule has 0 bridgehead atoms. The lowest BCUT2D eigenvalue weighted by Gasteiger charge is -2.21. The second-order valence-electron chi connectivity index (χ2n) is 31.4. The molecule has 0 aromatic rings. The van der Waals surface area contributed by atoms with E-state index in [1.807, 2.05) is 0 Å². The van der Waals surface area contributed by atoms with E-state index in [1.54, 1.807) is 0 Å². The smallest absolute Gasteiger partial charge is 0.462 e. The summed E-state index contributed by atoms with van der Waals surface area (Å²) in [6, 6.07) is 0. The fourth-order valence-corrected chi connectivity index (χ4v) is 14.6. The minimum absolute atomic E-state index is 0.107. The first-order chi connectivity index (χ1) is 49.8. The molecule has 3 unspecified atom stereocenters. The van der Waals surface area contributed by atoms with Gasteiger partial charge in [-0.15, -0.1) is 0 Å². The molecule has 0 spiro atoms. The third kappa shape index (κ3) is 76.6. The van der Waals surface area contributed by atoms with Crippen LogP contribution in [0.1, 0.15) is 440 Å². The number of carbonyl (C=O) groups is 4. The van der Waals surface area contributed by atoms with Crippen LogP contribution < -0.4 is 0 Å². The summed E-state index contributed by atoms with van der Waals surface area (Å²) in [4.78, 5) is 73.0. The number of ether oxygens (including phenoxy) is 4. The lowest BCUT2D eigenvalue weighted by molar-refractivity contribution is -0.161. The van der Waals surface area contributed by atoms with E-state index in [0.717, 1.165) is 114 Å². The van der Waals surface area contributed by atoms with Crippen molar-refractivity contribution >= 4 is 39.5 Å². The van der Waals surface area contributed by atoms with Crippen LogP contribution in [0.25, 0.3) is 0 Å². The molecule has 3 N–H and O–H groups in total. The number of carbonyl (C=O) groups excluding carboxylic acids is 4. The number of phosphoric acid groups is 2. The maximum Gasteiger partial charge on any atom is 0.472 e. The first-order valence-electron chi connectivity index (χ1n) is 43.4. The van der Waals surface area contributed by atoms with E-state index >= 15 is 0 Å². The first kappa shape index (κ1) is 101. The molecule has 0 aliphatic carbocycles. The van der Waals surface area contributed by atoms with Crippen LogP contribution in [0, 0.1) is 17.8 Å². The molecule has 0 aromatic heterocycles. The Bertz CT molecular complexity index is 1990. The molecule has 0 saturated heterocycles. The predicted molar refractivity (Wildman–Crippen MR) is 423 cm³/mol. The Balaban J connectivity index is 5.20. The summed E-state index contributed by atoms with van der Waals surface area (Å²) in [5.74, 6) is 0.348. The molecule has 103 heavy (non-hydrogen) atoms. The number of unbranched alkanes of at least 4 members (excludes halogenated alkanes) is 49. The average molecular weight is 1510 g/mol. The number of esters is 4. The second kappa shape index (κ2) is 74.2. The summed E-state index contributed by atoms with van der Waals surface area (Å²) >= 11 is 0. The SMILES string of the molecule is CCCCCCCCCCC(=O)OC[C@H](COP(=O)(O)OC[C@H](O)COP(=O)(O)OC[C@@H](COC(=O)CCCCCCCCCCCCCCCCC(C)CC)OC(=O)CCCCCCCCCCCCCCCCCCCCC(C)C)OC(=O)CCCCCCCCCCCCCCCC(C)C. The molecule has 6 atom stereocenters. The van der Waals surface area contributed by atoms with Crippen molar-refractivity contribution in [3.8, 4) is 0 Å². The van der Waals surface area contributed by atoms with Gasteiger partial charge in [0.1, 0.15) is 19.3 Å². The molecule has 612 valence electrons. The van der Waals surface area contributed by atoms with Crippen molar-refractivity contribution in [2.75, 3.05) is 39.6 Å². The van der Waals surface area contributed by atoms with Gasteiger partial charge in [-0.1, -0.05) is 389 Å². The molecule has 0 aliphatic rings. The molecule has 0 fully saturated rings. The van der Waals surface area contributed by atoms with Gasteiger partial charge in [-0.2, -0.15) is 0 Å².